The lowest BCUT2D eigenvalue weighted by Crippen LogP contribution is -2.28. The molecule has 0 aromatic rings. The maximum Gasteiger partial charge on any atom is 0.265 e. The van der Waals surface area contributed by atoms with Crippen LogP contribution in [0.2, 0.25) is 0 Å². The molecule has 0 radical (unpaired) electrons. The van der Waals surface area contributed by atoms with Gasteiger partial charge in [-0.25, -0.2) is 0 Å². The van der Waals surface area contributed by atoms with Gasteiger partial charge in [0.15, 0.2) is 5.57 Å². The van der Waals surface area contributed by atoms with Crippen LogP contribution >= 0.6 is 0 Å². The van der Waals surface area contributed by atoms with E-state index in [9.17, 15) is 4.79 Å². The molecule has 0 bridgehead atoms. The van der Waals surface area contributed by atoms with Crippen LogP contribution in [0.1, 0.15) is 6.92 Å². The second kappa shape index (κ2) is 5.16. The predicted molar refractivity (Wildman–Crippen MR) is 41.0 cm³/mol. The SMILES string of the molecule is CC(O)=C(C#N)C(=O)NCCO. The van der Waals surface area contributed by atoms with Gasteiger partial charge >= 0.3 is 0 Å². The van der Waals surface area contributed by atoms with Gasteiger partial charge in [0, 0.05) is 6.54 Å². The van der Waals surface area contributed by atoms with Crippen molar-refractivity contribution in [3.63, 3.8) is 0 Å². The monoisotopic (exact) mass is 170 g/mol. The Morgan fingerprint density at radius 3 is 2.58 bits per heavy atom. The van der Waals surface area contributed by atoms with Crippen molar-refractivity contribution >= 4 is 5.91 Å². The van der Waals surface area contributed by atoms with Gasteiger partial charge in [-0.3, -0.25) is 4.79 Å². The maximum absolute atomic E-state index is 10.9. The van der Waals surface area contributed by atoms with Gasteiger partial charge in [-0.05, 0) is 6.92 Å². The quantitative estimate of drug-likeness (QED) is 0.301. The number of carbonyl (C=O) groups excluding carboxylic acids is 1. The fraction of sp³-hybridized carbons (Fsp3) is 0.429. The Kier molecular flexibility index (Phi) is 4.49. The van der Waals surface area contributed by atoms with E-state index in [1.807, 2.05) is 0 Å². The molecule has 5 nitrogen and oxygen atoms in total. The fourth-order valence-corrected chi connectivity index (χ4v) is 0.554. The third-order valence-electron chi connectivity index (χ3n) is 1.10. The van der Waals surface area contributed by atoms with Gasteiger partial charge in [0.2, 0.25) is 0 Å². The van der Waals surface area contributed by atoms with Crippen LogP contribution < -0.4 is 5.32 Å². The summed E-state index contributed by atoms with van der Waals surface area (Å²) in [5, 5.41) is 27.8. The van der Waals surface area contributed by atoms with Gasteiger partial charge in [0.05, 0.1) is 6.61 Å². The predicted octanol–water partition coefficient (Wildman–Crippen LogP) is -0.550. The highest BCUT2D eigenvalue weighted by Gasteiger charge is 2.10. The second-order valence-corrected chi connectivity index (χ2v) is 2.05. The van der Waals surface area contributed by atoms with Crippen molar-refractivity contribution in [1.82, 2.24) is 5.32 Å². The number of rotatable bonds is 3. The zero-order valence-electron chi connectivity index (χ0n) is 6.66. The Balaban J connectivity index is 4.28. The summed E-state index contributed by atoms with van der Waals surface area (Å²) in [6.07, 6.45) is 0. The summed E-state index contributed by atoms with van der Waals surface area (Å²) in [6.45, 7) is 1.11. The molecule has 0 rings (SSSR count). The number of nitrogens with zero attached hydrogens (tertiary/aromatic N) is 1. The molecular weight excluding hydrogens is 160 g/mol. The summed E-state index contributed by atoms with van der Waals surface area (Å²) in [7, 11) is 0. The molecule has 0 atom stereocenters. The first-order valence-electron chi connectivity index (χ1n) is 3.32. The smallest absolute Gasteiger partial charge is 0.265 e. The molecule has 3 N–H and O–H groups in total. The molecule has 0 aliphatic rings. The number of nitrogens with one attached hydrogen (secondary N) is 1. The Bertz CT molecular complexity index is 236. The van der Waals surface area contributed by atoms with Crippen LogP contribution in [0.25, 0.3) is 0 Å². The molecule has 12 heavy (non-hydrogen) atoms. The van der Waals surface area contributed by atoms with Gasteiger partial charge in [0.25, 0.3) is 5.91 Å². The number of hydrogen-bond donors (Lipinski definition) is 3. The number of allylic oxidation sites excluding steroid dienone is 1. The summed E-state index contributed by atoms with van der Waals surface area (Å²) in [6, 6.07) is 1.55. The van der Waals surface area contributed by atoms with Crippen molar-refractivity contribution < 1.29 is 15.0 Å². The van der Waals surface area contributed by atoms with Crippen LogP contribution in [0.15, 0.2) is 11.3 Å². The van der Waals surface area contributed by atoms with E-state index < -0.39 is 5.91 Å². The molecule has 0 heterocycles. The summed E-state index contributed by atoms with van der Waals surface area (Å²) in [5.41, 5.74) is -0.330. The van der Waals surface area contributed by atoms with Crippen molar-refractivity contribution in [3.8, 4) is 6.07 Å². The number of aliphatic hydroxyl groups is 2. The molecule has 0 saturated heterocycles. The highest BCUT2D eigenvalue weighted by atomic mass is 16.3. The van der Waals surface area contributed by atoms with Gasteiger partial charge in [-0.15, -0.1) is 0 Å². The normalized spacial score (nSPS) is 11.4. The summed E-state index contributed by atoms with van der Waals surface area (Å²) >= 11 is 0. The van der Waals surface area contributed by atoms with E-state index in [4.69, 9.17) is 15.5 Å². The van der Waals surface area contributed by atoms with E-state index in [1.54, 1.807) is 6.07 Å². The minimum atomic E-state index is -0.674. The number of hydrogen-bond acceptors (Lipinski definition) is 4. The lowest BCUT2D eigenvalue weighted by atomic mass is 10.2. The molecular formula is C7H10N2O3. The lowest BCUT2D eigenvalue weighted by Gasteiger charge is -2.01. The van der Waals surface area contributed by atoms with Gasteiger partial charge in [-0.2, -0.15) is 5.26 Å². The minimum absolute atomic E-state index is 0.0668. The Morgan fingerprint density at radius 1 is 1.67 bits per heavy atom. The van der Waals surface area contributed by atoms with Crippen LogP contribution in [0, 0.1) is 11.3 Å². The Hall–Kier alpha value is -1.54. The van der Waals surface area contributed by atoms with Gasteiger partial charge in [-0.1, -0.05) is 0 Å². The second-order valence-electron chi connectivity index (χ2n) is 2.05. The Labute approximate surface area is 69.9 Å². The number of amides is 1. The average molecular weight is 170 g/mol. The van der Waals surface area contributed by atoms with E-state index in [1.165, 1.54) is 6.92 Å². The highest BCUT2D eigenvalue weighted by molar-refractivity contribution is 5.97. The standard InChI is InChI=1S/C7H10N2O3/c1-5(11)6(4-8)7(12)9-2-3-10/h10-11H,2-3H2,1H3,(H,9,12). The van der Waals surface area contributed by atoms with E-state index in [-0.39, 0.29) is 24.5 Å². The van der Waals surface area contributed by atoms with Crippen LogP contribution in [-0.2, 0) is 4.79 Å². The molecule has 0 aliphatic heterocycles. The number of nitriles is 1. The number of aliphatic hydroxyl groups excluding tert-OH is 2. The zero-order valence-corrected chi connectivity index (χ0v) is 6.66. The van der Waals surface area contributed by atoms with E-state index in [0.29, 0.717) is 0 Å². The highest BCUT2D eigenvalue weighted by Crippen LogP contribution is 1.98. The molecule has 0 aliphatic carbocycles. The van der Waals surface area contributed by atoms with Crippen molar-refractivity contribution in [2.75, 3.05) is 13.2 Å². The topological polar surface area (TPSA) is 93.3 Å². The third kappa shape index (κ3) is 3.03. The fourth-order valence-electron chi connectivity index (χ4n) is 0.554. The van der Waals surface area contributed by atoms with Crippen LogP contribution in [0.3, 0.4) is 0 Å². The molecule has 1 amide bonds. The van der Waals surface area contributed by atoms with Crippen molar-refractivity contribution in [1.29, 1.82) is 5.26 Å². The Morgan fingerprint density at radius 2 is 2.25 bits per heavy atom. The minimum Gasteiger partial charge on any atom is -0.511 e. The molecule has 0 spiro atoms. The van der Waals surface area contributed by atoms with Crippen LogP contribution in [0.4, 0.5) is 0 Å². The van der Waals surface area contributed by atoms with E-state index in [2.05, 4.69) is 5.32 Å². The maximum atomic E-state index is 10.9. The van der Waals surface area contributed by atoms with E-state index in [0.717, 1.165) is 0 Å². The van der Waals surface area contributed by atoms with Gasteiger partial charge < -0.3 is 15.5 Å². The average Bonchev–Trinajstić information content (AvgIpc) is 2.01. The molecule has 0 fully saturated rings. The van der Waals surface area contributed by atoms with Gasteiger partial charge in [0.1, 0.15) is 11.8 Å². The molecule has 0 unspecified atom stereocenters. The number of carbonyl (C=O) groups is 1. The summed E-state index contributed by atoms with van der Waals surface area (Å²) < 4.78 is 0. The molecule has 0 aromatic carbocycles. The summed E-state index contributed by atoms with van der Waals surface area (Å²) in [5.74, 6) is -1.00. The molecule has 66 valence electrons. The van der Waals surface area contributed by atoms with Crippen molar-refractivity contribution in [2.45, 2.75) is 6.92 Å². The first-order chi connectivity index (χ1) is 5.63. The van der Waals surface area contributed by atoms with Crippen LogP contribution in [-0.4, -0.2) is 29.3 Å². The first kappa shape index (κ1) is 10.5. The third-order valence-corrected chi connectivity index (χ3v) is 1.10. The summed E-state index contributed by atoms with van der Waals surface area (Å²) in [4.78, 5) is 10.9. The molecule has 5 heteroatoms. The molecule has 0 saturated carbocycles. The van der Waals surface area contributed by atoms with Crippen molar-refractivity contribution in [3.05, 3.63) is 11.3 Å². The molecule has 0 aromatic heterocycles. The lowest BCUT2D eigenvalue weighted by molar-refractivity contribution is -0.117. The van der Waals surface area contributed by atoms with Crippen LogP contribution in [0.5, 0.6) is 0 Å². The van der Waals surface area contributed by atoms with Crippen molar-refractivity contribution in [2.24, 2.45) is 0 Å². The van der Waals surface area contributed by atoms with E-state index >= 15 is 0 Å². The largest absolute Gasteiger partial charge is 0.511 e. The first-order valence-corrected chi connectivity index (χ1v) is 3.32. The zero-order chi connectivity index (χ0) is 9.56.